The number of unbranched alkanes of at least 4 members (excludes halogenated alkanes) is 3. The molecule has 3 saturated carbocycles. The summed E-state index contributed by atoms with van der Waals surface area (Å²) >= 11 is 0. The molecule has 1 N–H and O–H groups in total. The van der Waals surface area contributed by atoms with E-state index in [9.17, 15) is 0 Å². The molecule has 0 aliphatic heterocycles. The fourth-order valence-corrected chi connectivity index (χ4v) is 9.77. The van der Waals surface area contributed by atoms with Crippen LogP contribution in [0.1, 0.15) is 125 Å². The second-order valence-corrected chi connectivity index (χ2v) is 14.4. The van der Waals surface area contributed by atoms with Crippen molar-refractivity contribution in [2.45, 2.75) is 131 Å². The van der Waals surface area contributed by atoms with E-state index in [1.54, 1.807) is 5.57 Å². The van der Waals surface area contributed by atoms with E-state index in [0.29, 0.717) is 29.5 Å². The minimum absolute atomic E-state index is 0.326. The summed E-state index contributed by atoms with van der Waals surface area (Å²) in [7, 11) is 0. The fourth-order valence-electron chi connectivity index (χ4n) is 9.77. The molecule has 0 aromatic carbocycles. The van der Waals surface area contributed by atoms with Crippen molar-refractivity contribution >= 4 is 0 Å². The molecule has 0 heterocycles. The van der Waals surface area contributed by atoms with Gasteiger partial charge in [-0.15, -0.1) is 0 Å². The number of hydrogen-bond donors (Lipinski definition) is 1. The van der Waals surface area contributed by atoms with Crippen LogP contribution >= 0.6 is 0 Å². The number of aliphatic hydroxyl groups is 1. The molecule has 3 fully saturated rings. The third kappa shape index (κ3) is 6.11. The lowest BCUT2D eigenvalue weighted by molar-refractivity contribution is -0.0615. The van der Waals surface area contributed by atoms with Gasteiger partial charge in [-0.1, -0.05) is 78.2 Å². The number of rotatable bonds is 12. The van der Waals surface area contributed by atoms with Crippen LogP contribution in [0.25, 0.3) is 0 Å². The van der Waals surface area contributed by atoms with E-state index in [1.807, 2.05) is 0 Å². The number of hydrogen-bond acceptors (Lipinski definition) is 2. The predicted octanol–water partition coefficient (Wildman–Crippen LogP) is 9.38. The Morgan fingerprint density at radius 2 is 1.76 bits per heavy atom. The van der Waals surface area contributed by atoms with Crippen molar-refractivity contribution in [2.24, 2.45) is 52.3 Å². The van der Waals surface area contributed by atoms with Gasteiger partial charge in [0, 0.05) is 13.2 Å². The molecular formula is C35H60O2. The van der Waals surface area contributed by atoms with Crippen molar-refractivity contribution in [2.75, 3.05) is 13.2 Å². The Hall–Kier alpha value is -0.600. The molecule has 0 amide bonds. The first-order valence-electron chi connectivity index (χ1n) is 16.3. The lowest BCUT2D eigenvalue weighted by Gasteiger charge is -2.58. The van der Waals surface area contributed by atoms with Crippen LogP contribution in [0.15, 0.2) is 23.8 Å². The molecule has 4 rings (SSSR count). The van der Waals surface area contributed by atoms with Crippen molar-refractivity contribution in [3.8, 4) is 0 Å². The highest BCUT2D eigenvalue weighted by atomic mass is 16.5. The summed E-state index contributed by atoms with van der Waals surface area (Å²) in [6.07, 6.45) is 24.8. The normalized spacial score (nSPS) is 39.2. The maximum atomic E-state index is 8.97. The molecule has 9 atom stereocenters. The van der Waals surface area contributed by atoms with Crippen LogP contribution in [0.4, 0.5) is 0 Å². The van der Waals surface area contributed by atoms with Gasteiger partial charge in [-0.2, -0.15) is 0 Å². The van der Waals surface area contributed by atoms with E-state index in [2.05, 4.69) is 59.8 Å². The Kier molecular flexibility index (Phi) is 10.1. The van der Waals surface area contributed by atoms with E-state index >= 15 is 0 Å². The molecule has 0 radical (unpaired) electrons. The summed E-state index contributed by atoms with van der Waals surface area (Å²) in [5, 5.41) is 8.97. The summed E-state index contributed by atoms with van der Waals surface area (Å²) in [5.74, 6) is 5.76. The predicted molar refractivity (Wildman–Crippen MR) is 157 cm³/mol. The molecule has 2 nitrogen and oxygen atoms in total. The number of fused-ring (bicyclic) bond motifs is 5. The van der Waals surface area contributed by atoms with Crippen LogP contribution in [-0.2, 0) is 4.74 Å². The molecule has 2 heteroatoms. The molecule has 0 saturated heterocycles. The van der Waals surface area contributed by atoms with Gasteiger partial charge in [0.15, 0.2) is 0 Å². The Labute approximate surface area is 230 Å². The molecular weight excluding hydrogens is 452 g/mol. The fraction of sp³-hybridized carbons (Fsp3) is 0.886. The van der Waals surface area contributed by atoms with Gasteiger partial charge in [0.25, 0.3) is 0 Å². The summed E-state index contributed by atoms with van der Waals surface area (Å²) in [6, 6.07) is 0. The number of aliphatic hydroxyl groups excluding tert-OH is 1. The molecule has 0 spiro atoms. The zero-order valence-corrected chi connectivity index (χ0v) is 25.3. The topological polar surface area (TPSA) is 29.5 Å². The largest absolute Gasteiger partial charge is 0.396 e. The third-order valence-corrected chi connectivity index (χ3v) is 12.2. The summed E-state index contributed by atoms with van der Waals surface area (Å²) in [6.45, 7) is 16.2. The van der Waals surface area contributed by atoms with Crippen molar-refractivity contribution < 1.29 is 9.84 Å². The zero-order chi connectivity index (χ0) is 26.6. The summed E-state index contributed by atoms with van der Waals surface area (Å²) in [4.78, 5) is 0. The molecule has 4 aliphatic carbocycles. The Morgan fingerprint density at radius 1 is 0.973 bits per heavy atom. The minimum Gasteiger partial charge on any atom is -0.396 e. The van der Waals surface area contributed by atoms with Gasteiger partial charge in [0.05, 0.1) is 6.10 Å². The van der Waals surface area contributed by atoms with Crippen LogP contribution in [-0.4, -0.2) is 24.4 Å². The minimum atomic E-state index is 0.326. The molecule has 3 unspecified atom stereocenters. The molecule has 0 aromatic rings. The quantitative estimate of drug-likeness (QED) is 0.208. The second kappa shape index (κ2) is 12.7. The first-order chi connectivity index (χ1) is 17.7. The summed E-state index contributed by atoms with van der Waals surface area (Å²) in [5.41, 5.74) is 2.70. The molecule has 0 aromatic heterocycles. The van der Waals surface area contributed by atoms with Gasteiger partial charge in [0.2, 0.25) is 0 Å². The van der Waals surface area contributed by atoms with Gasteiger partial charge in [-0.25, -0.2) is 0 Å². The molecule has 212 valence electrons. The highest BCUT2D eigenvalue weighted by Gasteiger charge is 2.59. The first-order valence-corrected chi connectivity index (χ1v) is 16.3. The highest BCUT2D eigenvalue weighted by Crippen LogP contribution is 2.67. The maximum absolute atomic E-state index is 8.97. The average molecular weight is 513 g/mol. The summed E-state index contributed by atoms with van der Waals surface area (Å²) < 4.78 is 6.37. The van der Waals surface area contributed by atoms with Crippen LogP contribution in [0, 0.1) is 52.3 Å². The van der Waals surface area contributed by atoms with E-state index in [0.717, 1.165) is 61.4 Å². The van der Waals surface area contributed by atoms with Gasteiger partial charge in [-0.3, -0.25) is 0 Å². The smallest absolute Gasteiger partial charge is 0.0612 e. The second-order valence-electron chi connectivity index (χ2n) is 14.4. The monoisotopic (exact) mass is 512 g/mol. The number of allylic oxidation sites excluding steroid dienone is 3. The van der Waals surface area contributed by atoms with Crippen molar-refractivity contribution in [3.05, 3.63) is 23.8 Å². The Bertz CT molecular complexity index is 782. The van der Waals surface area contributed by atoms with E-state index in [-0.39, 0.29) is 0 Å². The molecule has 0 bridgehead atoms. The highest BCUT2D eigenvalue weighted by molar-refractivity contribution is 5.25. The van der Waals surface area contributed by atoms with Gasteiger partial charge >= 0.3 is 0 Å². The Morgan fingerprint density at radius 3 is 2.49 bits per heavy atom. The molecule has 4 aliphatic rings. The molecule has 37 heavy (non-hydrogen) atoms. The van der Waals surface area contributed by atoms with Gasteiger partial charge in [-0.05, 0) is 123 Å². The van der Waals surface area contributed by atoms with Gasteiger partial charge in [0.1, 0.15) is 0 Å². The van der Waals surface area contributed by atoms with E-state index in [4.69, 9.17) is 9.84 Å². The van der Waals surface area contributed by atoms with Crippen LogP contribution in [0.3, 0.4) is 0 Å². The SMILES string of the molecule is CC[C@H](C=C[C@@H](C)[C@H]1CCC2C3CC=C4C[C@@H](OCCCCCCO)CC[C@]4(C)C3CC[C@@]21C)C(C)C. The van der Waals surface area contributed by atoms with Crippen LogP contribution < -0.4 is 0 Å². The lowest BCUT2D eigenvalue weighted by atomic mass is 9.47. The van der Waals surface area contributed by atoms with Crippen molar-refractivity contribution in [1.29, 1.82) is 0 Å². The standard InChI is InChI=1S/C35H60O2/c1-7-27(25(2)3)13-12-26(4)31-16-17-32-30-15-14-28-24-29(37-23-11-9-8-10-22-36)18-20-34(28,5)33(30)19-21-35(31,32)6/h12-14,25-27,29-33,36H,7-11,15-24H2,1-6H3/t26-,27-,29+,30?,31-,32?,33?,34+,35-/m1/s1. The number of ether oxygens (including phenoxy) is 1. The van der Waals surface area contributed by atoms with Crippen LogP contribution in [0.5, 0.6) is 0 Å². The van der Waals surface area contributed by atoms with Crippen LogP contribution in [0.2, 0.25) is 0 Å². The zero-order valence-electron chi connectivity index (χ0n) is 25.3. The van der Waals surface area contributed by atoms with E-state index in [1.165, 1.54) is 64.2 Å². The third-order valence-electron chi connectivity index (χ3n) is 12.2. The van der Waals surface area contributed by atoms with E-state index < -0.39 is 0 Å². The van der Waals surface area contributed by atoms with Gasteiger partial charge < -0.3 is 9.84 Å². The lowest BCUT2D eigenvalue weighted by Crippen LogP contribution is -2.51. The van der Waals surface area contributed by atoms with Crippen molar-refractivity contribution in [1.82, 2.24) is 0 Å². The van der Waals surface area contributed by atoms with Crippen molar-refractivity contribution in [3.63, 3.8) is 0 Å². The Balaban J connectivity index is 1.37. The first kappa shape index (κ1) is 29.4. The average Bonchev–Trinajstić information content (AvgIpc) is 3.23. The maximum Gasteiger partial charge on any atom is 0.0612 e.